The lowest BCUT2D eigenvalue weighted by Crippen LogP contribution is -2.39. The van der Waals surface area contributed by atoms with E-state index < -0.39 is 0 Å². The number of nitrogens with zero attached hydrogens (tertiary/aromatic N) is 4. The Labute approximate surface area is 206 Å². The summed E-state index contributed by atoms with van der Waals surface area (Å²) in [5.74, 6) is 1.93. The summed E-state index contributed by atoms with van der Waals surface area (Å²) >= 11 is 0. The van der Waals surface area contributed by atoms with Crippen LogP contribution >= 0.6 is 0 Å². The molecule has 1 aromatic heterocycles. The minimum Gasteiger partial charge on any atom is -0.493 e. The number of morpholine rings is 1. The molecule has 0 radical (unpaired) electrons. The van der Waals surface area contributed by atoms with E-state index in [1.54, 1.807) is 17.2 Å². The summed E-state index contributed by atoms with van der Waals surface area (Å²) in [4.78, 5) is 27.0. The smallest absolute Gasteiger partial charge is 0.259 e. The molecule has 2 aromatic rings. The number of hydrogen-bond acceptors (Lipinski definition) is 8. The van der Waals surface area contributed by atoms with E-state index in [0.717, 1.165) is 82.7 Å². The summed E-state index contributed by atoms with van der Waals surface area (Å²) in [6.07, 6.45) is 6.50. The molecular formula is C26H35N5O4. The number of amides is 1. The molecule has 1 aliphatic carbocycles. The highest BCUT2D eigenvalue weighted by Gasteiger charge is 2.24. The highest BCUT2D eigenvalue weighted by Crippen LogP contribution is 2.27. The van der Waals surface area contributed by atoms with E-state index in [1.165, 1.54) is 0 Å². The van der Waals surface area contributed by atoms with Crippen molar-refractivity contribution >= 4 is 17.7 Å². The second-order valence-corrected chi connectivity index (χ2v) is 9.57. The van der Waals surface area contributed by atoms with Crippen LogP contribution in [0, 0.1) is 0 Å². The topological polar surface area (TPSA) is 100 Å². The fourth-order valence-electron chi connectivity index (χ4n) is 5.04. The molecule has 35 heavy (non-hydrogen) atoms. The van der Waals surface area contributed by atoms with E-state index in [0.29, 0.717) is 30.5 Å². The number of nitrogens with one attached hydrogen (secondary N) is 1. The van der Waals surface area contributed by atoms with Gasteiger partial charge in [-0.1, -0.05) is 0 Å². The first kappa shape index (κ1) is 24.0. The third kappa shape index (κ3) is 6.09. The zero-order valence-electron chi connectivity index (χ0n) is 20.2. The van der Waals surface area contributed by atoms with Gasteiger partial charge in [-0.15, -0.1) is 0 Å². The number of aromatic nitrogens is 2. The van der Waals surface area contributed by atoms with Gasteiger partial charge >= 0.3 is 0 Å². The molecule has 9 heteroatoms. The zero-order chi connectivity index (χ0) is 24.0. The largest absolute Gasteiger partial charge is 0.493 e. The molecule has 3 heterocycles. The van der Waals surface area contributed by atoms with Crippen LogP contribution in [0.4, 0.5) is 11.8 Å². The molecule has 1 aromatic carbocycles. The van der Waals surface area contributed by atoms with Crippen LogP contribution in [0.3, 0.4) is 0 Å². The minimum absolute atomic E-state index is 0.0629. The van der Waals surface area contributed by atoms with Gasteiger partial charge in [0.25, 0.3) is 5.91 Å². The third-order valence-electron chi connectivity index (χ3n) is 7.09. The van der Waals surface area contributed by atoms with E-state index in [9.17, 15) is 9.90 Å². The van der Waals surface area contributed by atoms with Gasteiger partial charge in [-0.05, 0) is 61.9 Å². The molecule has 0 atom stereocenters. The second kappa shape index (κ2) is 11.3. The molecule has 0 unspecified atom stereocenters. The quantitative estimate of drug-likeness (QED) is 0.593. The predicted molar refractivity (Wildman–Crippen MR) is 133 cm³/mol. The van der Waals surface area contributed by atoms with Crippen molar-refractivity contribution in [2.75, 3.05) is 56.2 Å². The molecule has 188 valence electrons. The number of aliphatic hydroxyl groups excluding tert-OH is 1. The van der Waals surface area contributed by atoms with E-state index in [2.05, 4.69) is 15.2 Å². The summed E-state index contributed by atoms with van der Waals surface area (Å²) < 4.78 is 11.1. The Morgan fingerprint density at radius 2 is 1.97 bits per heavy atom. The number of fused-ring (bicyclic) bond motifs is 1. The number of benzene rings is 1. The SMILES string of the molecule is O=C(c1ccc2c(c1)CCO2)N(CCCN1CCOCC1)c1ccnc(NC2CCC(O)CC2)n1. The Hall–Kier alpha value is -2.75. The molecule has 1 saturated carbocycles. The Morgan fingerprint density at radius 1 is 1.14 bits per heavy atom. The summed E-state index contributed by atoms with van der Waals surface area (Å²) in [6.45, 7) is 5.52. The van der Waals surface area contributed by atoms with Crippen LogP contribution in [-0.2, 0) is 11.2 Å². The third-order valence-corrected chi connectivity index (χ3v) is 7.09. The lowest BCUT2D eigenvalue weighted by atomic mass is 9.93. The monoisotopic (exact) mass is 481 g/mol. The van der Waals surface area contributed by atoms with Crippen molar-refractivity contribution in [2.24, 2.45) is 0 Å². The van der Waals surface area contributed by atoms with Gasteiger partial charge in [-0.2, -0.15) is 4.98 Å². The van der Waals surface area contributed by atoms with Gasteiger partial charge in [0.1, 0.15) is 11.6 Å². The van der Waals surface area contributed by atoms with Crippen LogP contribution in [0.5, 0.6) is 5.75 Å². The number of carbonyl (C=O) groups is 1. The highest BCUT2D eigenvalue weighted by atomic mass is 16.5. The average molecular weight is 482 g/mol. The number of rotatable bonds is 8. The maximum Gasteiger partial charge on any atom is 0.259 e. The first-order chi connectivity index (χ1) is 17.2. The lowest BCUT2D eigenvalue weighted by Gasteiger charge is -2.29. The number of aliphatic hydroxyl groups is 1. The van der Waals surface area contributed by atoms with Gasteiger partial charge in [-0.25, -0.2) is 4.98 Å². The summed E-state index contributed by atoms with van der Waals surface area (Å²) in [6, 6.07) is 7.73. The normalized spacial score (nSPS) is 22.3. The first-order valence-electron chi connectivity index (χ1n) is 12.8. The molecule has 2 fully saturated rings. The summed E-state index contributed by atoms with van der Waals surface area (Å²) in [5, 5.41) is 13.2. The van der Waals surface area contributed by atoms with Crippen LogP contribution in [0.1, 0.15) is 48.0 Å². The van der Waals surface area contributed by atoms with Gasteiger partial charge in [-0.3, -0.25) is 14.6 Å². The zero-order valence-corrected chi connectivity index (χ0v) is 20.2. The van der Waals surface area contributed by atoms with Gasteiger partial charge in [0.05, 0.1) is 25.9 Å². The molecule has 5 rings (SSSR count). The van der Waals surface area contributed by atoms with Crippen molar-refractivity contribution < 1.29 is 19.4 Å². The van der Waals surface area contributed by atoms with Crippen LogP contribution in [-0.4, -0.2) is 84.0 Å². The van der Waals surface area contributed by atoms with E-state index in [4.69, 9.17) is 14.5 Å². The Kier molecular flexibility index (Phi) is 7.75. The minimum atomic E-state index is -0.211. The fourth-order valence-corrected chi connectivity index (χ4v) is 5.04. The van der Waals surface area contributed by atoms with E-state index in [-0.39, 0.29) is 18.1 Å². The van der Waals surface area contributed by atoms with Crippen LogP contribution in [0.25, 0.3) is 0 Å². The Morgan fingerprint density at radius 3 is 2.80 bits per heavy atom. The highest BCUT2D eigenvalue weighted by molar-refractivity contribution is 6.05. The van der Waals surface area contributed by atoms with Crippen LogP contribution < -0.4 is 15.0 Å². The van der Waals surface area contributed by atoms with Gasteiger partial charge < -0.3 is 19.9 Å². The number of anilines is 2. The molecular weight excluding hydrogens is 446 g/mol. The number of carbonyl (C=O) groups excluding carboxylic acids is 1. The van der Waals surface area contributed by atoms with Crippen molar-refractivity contribution in [1.82, 2.24) is 14.9 Å². The fraction of sp³-hybridized carbons (Fsp3) is 0.577. The molecule has 0 bridgehead atoms. The van der Waals surface area contributed by atoms with Crippen molar-refractivity contribution in [3.05, 3.63) is 41.6 Å². The molecule has 1 amide bonds. The van der Waals surface area contributed by atoms with Crippen molar-refractivity contribution in [3.8, 4) is 5.75 Å². The number of hydrogen-bond donors (Lipinski definition) is 2. The molecule has 3 aliphatic rings. The molecule has 0 spiro atoms. The van der Waals surface area contributed by atoms with Crippen molar-refractivity contribution in [1.29, 1.82) is 0 Å². The maximum atomic E-state index is 13.7. The molecule has 2 aliphatic heterocycles. The van der Waals surface area contributed by atoms with Gasteiger partial charge in [0.15, 0.2) is 0 Å². The molecule has 2 N–H and O–H groups in total. The Bertz CT molecular complexity index is 1000. The first-order valence-corrected chi connectivity index (χ1v) is 12.8. The standard InChI is InChI=1S/C26H35N5O4/c32-22-5-3-21(4-6-22)28-26-27-10-8-24(29-26)31(12-1-11-30-13-16-34-17-14-30)25(33)20-2-7-23-19(18-20)9-15-35-23/h2,7-8,10,18,21-22,32H,1,3-6,9,11-17H2,(H,27,28,29). The molecule has 1 saturated heterocycles. The van der Waals surface area contributed by atoms with Gasteiger partial charge in [0, 0.05) is 50.4 Å². The van der Waals surface area contributed by atoms with Crippen LogP contribution in [0.2, 0.25) is 0 Å². The lowest BCUT2D eigenvalue weighted by molar-refractivity contribution is 0.0376. The summed E-state index contributed by atoms with van der Waals surface area (Å²) in [7, 11) is 0. The van der Waals surface area contributed by atoms with Gasteiger partial charge in [0.2, 0.25) is 5.95 Å². The average Bonchev–Trinajstić information content (AvgIpc) is 3.37. The number of ether oxygens (including phenoxy) is 2. The predicted octanol–water partition coefficient (Wildman–Crippen LogP) is 2.50. The van der Waals surface area contributed by atoms with Crippen LogP contribution in [0.15, 0.2) is 30.5 Å². The maximum absolute atomic E-state index is 13.7. The van der Waals surface area contributed by atoms with E-state index >= 15 is 0 Å². The Balaban J connectivity index is 1.32. The van der Waals surface area contributed by atoms with Crippen molar-refractivity contribution in [3.63, 3.8) is 0 Å². The second-order valence-electron chi connectivity index (χ2n) is 9.57. The van der Waals surface area contributed by atoms with Crippen molar-refractivity contribution in [2.45, 2.75) is 50.7 Å². The summed E-state index contributed by atoms with van der Waals surface area (Å²) in [5.41, 5.74) is 1.73. The van der Waals surface area contributed by atoms with E-state index in [1.807, 2.05) is 18.2 Å². The molecule has 9 nitrogen and oxygen atoms in total.